The van der Waals surface area contributed by atoms with Gasteiger partial charge in [0.2, 0.25) is 0 Å². The quantitative estimate of drug-likeness (QED) is 0.860. The normalized spacial score (nSPS) is 29.5. The predicted octanol–water partition coefficient (Wildman–Crippen LogP) is 2.39. The van der Waals surface area contributed by atoms with Crippen LogP contribution < -0.4 is 0 Å². The van der Waals surface area contributed by atoms with E-state index in [2.05, 4.69) is 4.98 Å². The van der Waals surface area contributed by atoms with Crippen LogP contribution in [0.3, 0.4) is 0 Å². The molecule has 2 fully saturated rings. The van der Waals surface area contributed by atoms with Gasteiger partial charge in [-0.25, -0.2) is 18.2 Å². The molecule has 4 nitrogen and oxygen atoms in total. The summed E-state index contributed by atoms with van der Waals surface area (Å²) in [6, 6.07) is 0.899. The molecule has 1 aromatic heterocycles. The molecule has 0 saturated carbocycles. The Morgan fingerprint density at radius 1 is 1.48 bits per heavy atom. The highest BCUT2D eigenvalue weighted by atomic mass is 19.3. The number of hydrazine groups is 1. The van der Waals surface area contributed by atoms with Crippen LogP contribution in [-0.4, -0.2) is 40.4 Å². The molecule has 0 spiro atoms. The number of nitrogens with zero attached hydrogens (tertiary/aromatic N) is 3. The number of carbonyl (C=O) groups is 1. The van der Waals surface area contributed by atoms with Gasteiger partial charge in [-0.05, 0) is 24.5 Å². The summed E-state index contributed by atoms with van der Waals surface area (Å²) in [5, 5.41) is 3.04. The van der Waals surface area contributed by atoms with Gasteiger partial charge in [0.05, 0.1) is 12.2 Å². The van der Waals surface area contributed by atoms with Crippen LogP contribution in [0.1, 0.15) is 31.4 Å². The van der Waals surface area contributed by atoms with Crippen molar-refractivity contribution < 1.29 is 18.0 Å². The number of pyridine rings is 1. The summed E-state index contributed by atoms with van der Waals surface area (Å²) in [5.41, 5.74) is -1.09. The summed E-state index contributed by atoms with van der Waals surface area (Å²) < 4.78 is 40.1. The first-order chi connectivity index (χ1) is 9.99. The Hall–Kier alpha value is -1.63. The number of amides is 1. The highest BCUT2D eigenvalue weighted by Crippen LogP contribution is 2.46. The van der Waals surface area contributed by atoms with E-state index in [0.29, 0.717) is 18.5 Å². The molecule has 1 amide bonds. The molecule has 0 aromatic carbocycles. The van der Waals surface area contributed by atoms with Crippen LogP contribution >= 0.6 is 0 Å². The smallest absolute Gasteiger partial charge is 0.254 e. The lowest BCUT2D eigenvalue weighted by Gasteiger charge is -2.27. The average Bonchev–Trinajstić information content (AvgIpc) is 2.98. The summed E-state index contributed by atoms with van der Waals surface area (Å²) >= 11 is 0. The van der Waals surface area contributed by atoms with Gasteiger partial charge < -0.3 is 0 Å². The maximum atomic E-state index is 13.4. The van der Waals surface area contributed by atoms with Gasteiger partial charge in [-0.15, -0.1) is 0 Å². The van der Waals surface area contributed by atoms with E-state index < -0.39 is 29.6 Å². The van der Waals surface area contributed by atoms with Crippen LogP contribution in [0, 0.1) is 11.2 Å². The molecular weight excluding hydrogens is 283 g/mol. The Bertz CT molecular complexity index is 568. The van der Waals surface area contributed by atoms with Crippen molar-refractivity contribution in [2.24, 2.45) is 5.41 Å². The Balaban J connectivity index is 1.94. The average molecular weight is 299 g/mol. The second-order valence-electron chi connectivity index (χ2n) is 5.59. The van der Waals surface area contributed by atoms with E-state index >= 15 is 0 Å². The Morgan fingerprint density at radius 2 is 2.24 bits per heavy atom. The Labute approximate surface area is 120 Å². The number of aromatic nitrogens is 1. The molecule has 3 heterocycles. The molecule has 2 atom stereocenters. The number of fused-ring (bicyclic) bond motifs is 1. The van der Waals surface area contributed by atoms with Crippen LogP contribution in [0.15, 0.2) is 18.5 Å². The van der Waals surface area contributed by atoms with Gasteiger partial charge in [-0.2, -0.15) is 0 Å². The van der Waals surface area contributed by atoms with E-state index in [0.717, 1.165) is 6.20 Å². The molecule has 114 valence electrons. The fraction of sp³-hybridized carbons (Fsp3) is 0.571. The number of hydrogen-bond acceptors (Lipinski definition) is 3. The van der Waals surface area contributed by atoms with Gasteiger partial charge in [0.1, 0.15) is 11.2 Å². The van der Waals surface area contributed by atoms with Crippen LogP contribution in [0.4, 0.5) is 13.2 Å². The van der Waals surface area contributed by atoms with Gasteiger partial charge in [-0.3, -0.25) is 14.8 Å². The fourth-order valence-corrected chi connectivity index (χ4v) is 3.24. The molecule has 0 aliphatic carbocycles. The highest BCUT2D eigenvalue weighted by Gasteiger charge is 2.59. The third-order valence-electron chi connectivity index (χ3n) is 4.52. The minimum atomic E-state index is -2.70. The standard InChI is InChI=1S/C14H16F3N3O/c1-2-14(12(16)17)8-19-4-3-11(20(19)13(14)21)9-5-10(15)7-18-6-9/h5-7,11-12H,2-4,8H2,1H3/t11-,14+/m1/s1. The zero-order valence-corrected chi connectivity index (χ0v) is 11.6. The molecule has 2 aliphatic rings. The molecule has 3 rings (SSSR count). The lowest BCUT2D eigenvalue weighted by molar-refractivity contribution is -0.148. The number of alkyl halides is 2. The van der Waals surface area contributed by atoms with Crippen molar-refractivity contribution in [3.63, 3.8) is 0 Å². The Kier molecular flexibility index (Phi) is 3.39. The zero-order valence-electron chi connectivity index (χ0n) is 11.6. The number of rotatable bonds is 3. The highest BCUT2D eigenvalue weighted by molar-refractivity contribution is 5.85. The van der Waals surface area contributed by atoms with Crippen LogP contribution in [0.5, 0.6) is 0 Å². The maximum Gasteiger partial charge on any atom is 0.254 e. The molecule has 7 heteroatoms. The van der Waals surface area contributed by atoms with Crippen LogP contribution in [0.25, 0.3) is 0 Å². The van der Waals surface area contributed by atoms with E-state index in [1.165, 1.54) is 17.3 Å². The predicted molar refractivity (Wildman–Crippen MR) is 68.7 cm³/mol. The van der Waals surface area contributed by atoms with Crippen LogP contribution in [-0.2, 0) is 4.79 Å². The monoisotopic (exact) mass is 299 g/mol. The minimum Gasteiger partial charge on any atom is -0.272 e. The maximum absolute atomic E-state index is 13.4. The van der Waals surface area contributed by atoms with Gasteiger partial charge in [0.15, 0.2) is 0 Å². The fourth-order valence-electron chi connectivity index (χ4n) is 3.24. The van der Waals surface area contributed by atoms with Crippen molar-refractivity contribution in [3.8, 4) is 0 Å². The van der Waals surface area contributed by atoms with Crippen molar-refractivity contribution >= 4 is 5.91 Å². The zero-order chi connectivity index (χ0) is 15.2. The van der Waals surface area contributed by atoms with Crippen molar-refractivity contribution in [2.45, 2.75) is 32.2 Å². The number of carbonyl (C=O) groups excluding carboxylic acids is 1. The second kappa shape index (κ2) is 4.98. The van der Waals surface area contributed by atoms with Crippen molar-refractivity contribution in [2.75, 3.05) is 13.1 Å². The van der Waals surface area contributed by atoms with Crippen LogP contribution in [0.2, 0.25) is 0 Å². The third-order valence-corrected chi connectivity index (χ3v) is 4.52. The van der Waals surface area contributed by atoms with Gasteiger partial charge >= 0.3 is 0 Å². The summed E-state index contributed by atoms with van der Waals surface area (Å²) in [6.07, 6.45) is 0.549. The Morgan fingerprint density at radius 3 is 2.86 bits per heavy atom. The molecule has 1 aromatic rings. The SMILES string of the molecule is CC[C@@]1(C(F)F)CN2CC[C@H](c3cncc(F)c3)N2C1=O. The number of hydrogen-bond donors (Lipinski definition) is 0. The number of halogens is 3. The minimum absolute atomic E-state index is 0.0270. The summed E-state index contributed by atoms with van der Waals surface area (Å²) in [4.78, 5) is 16.3. The van der Waals surface area contributed by atoms with E-state index in [-0.39, 0.29) is 13.0 Å². The van der Waals surface area contributed by atoms with E-state index in [4.69, 9.17) is 0 Å². The first kappa shape index (κ1) is 14.3. The van der Waals surface area contributed by atoms with Crippen molar-refractivity contribution in [3.05, 3.63) is 29.8 Å². The summed E-state index contributed by atoms with van der Waals surface area (Å²) in [7, 11) is 0. The second-order valence-corrected chi connectivity index (χ2v) is 5.59. The molecule has 0 radical (unpaired) electrons. The van der Waals surface area contributed by atoms with Crippen molar-refractivity contribution in [1.82, 2.24) is 15.0 Å². The molecule has 2 aliphatic heterocycles. The summed E-state index contributed by atoms with van der Waals surface area (Å²) in [6.45, 7) is 2.15. The van der Waals surface area contributed by atoms with E-state index in [1.807, 2.05) is 0 Å². The first-order valence-electron chi connectivity index (χ1n) is 6.96. The lowest BCUT2D eigenvalue weighted by atomic mass is 9.84. The molecular formula is C14H16F3N3O. The van der Waals surface area contributed by atoms with Crippen molar-refractivity contribution in [1.29, 1.82) is 0 Å². The first-order valence-corrected chi connectivity index (χ1v) is 6.96. The lowest BCUT2D eigenvalue weighted by Crippen LogP contribution is -2.41. The van der Waals surface area contributed by atoms with E-state index in [9.17, 15) is 18.0 Å². The van der Waals surface area contributed by atoms with Gasteiger partial charge in [-0.1, -0.05) is 6.92 Å². The third kappa shape index (κ3) is 2.02. The summed E-state index contributed by atoms with van der Waals surface area (Å²) in [5.74, 6) is -1.06. The molecule has 21 heavy (non-hydrogen) atoms. The topological polar surface area (TPSA) is 36.4 Å². The van der Waals surface area contributed by atoms with E-state index in [1.54, 1.807) is 11.9 Å². The molecule has 0 bridgehead atoms. The van der Waals surface area contributed by atoms with Gasteiger partial charge in [0, 0.05) is 19.3 Å². The molecule has 0 N–H and O–H groups in total. The largest absolute Gasteiger partial charge is 0.272 e. The van der Waals surface area contributed by atoms with Gasteiger partial charge in [0.25, 0.3) is 12.3 Å². The molecule has 0 unspecified atom stereocenters. The molecule has 2 saturated heterocycles.